The van der Waals surface area contributed by atoms with E-state index in [4.69, 9.17) is 4.74 Å². The fraction of sp³-hybridized carbons (Fsp3) is 0.0238. The van der Waals surface area contributed by atoms with Crippen LogP contribution >= 0.6 is 0 Å². The van der Waals surface area contributed by atoms with Gasteiger partial charge in [0.05, 0.1) is 6.20 Å². The lowest BCUT2D eigenvalue weighted by Crippen LogP contribution is -2.81. The van der Waals surface area contributed by atoms with E-state index in [1.54, 1.807) is 18.6 Å². The van der Waals surface area contributed by atoms with Crippen molar-refractivity contribution < 1.29 is 107 Å². The van der Waals surface area contributed by atoms with Crippen LogP contribution in [0.2, 0.25) is 0 Å². The normalized spacial score (nSPS) is 11.4. The summed E-state index contributed by atoms with van der Waals surface area (Å²) in [6, 6.07) is 15.9. The fourth-order valence-corrected chi connectivity index (χ4v) is 6.98. The zero-order valence-electron chi connectivity index (χ0n) is 32.4. The molecule has 6 aromatic carbocycles. The third-order valence-electron chi connectivity index (χ3n) is 9.93. The van der Waals surface area contributed by atoms with Crippen molar-refractivity contribution in [2.24, 2.45) is 0 Å². The summed E-state index contributed by atoms with van der Waals surface area (Å²) in [4.78, 5) is 16.2. The minimum Gasteiger partial charge on any atom is -0.508 e. The van der Waals surface area contributed by atoms with Gasteiger partial charge in [-0.05, 0) is 24.3 Å². The summed E-state index contributed by atoms with van der Waals surface area (Å²) in [7, 11) is 0. The van der Waals surface area contributed by atoms with Crippen LogP contribution in [0.5, 0.6) is 11.5 Å². The summed E-state index contributed by atoms with van der Waals surface area (Å²) in [5.41, 5.74) is -13.0. The van der Waals surface area contributed by atoms with Crippen molar-refractivity contribution in [3.05, 3.63) is 201 Å². The van der Waals surface area contributed by atoms with Crippen LogP contribution in [0.25, 0.3) is 0 Å². The number of aromatic hydroxyl groups is 1. The largest absolute Gasteiger partial charge is 0.508 e. The van der Waals surface area contributed by atoms with E-state index in [0.717, 1.165) is 5.56 Å². The second kappa shape index (κ2) is 18.9. The van der Waals surface area contributed by atoms with Gasteiger partial charge in [0.1, 0.15) is 64.2 Å². The van der Waals surface area contributed by atoms with E-state index < -0.39 is 150 Å². The Morgan fingerprint density at radius 1 is 0.456 bits per heavy atom. The number of hydrogen-bond donors (Lipinski definition) is 1. The number of carbonyl (C=O) groups excluding carboxylic acids is 1. The molecule has 0 radical (unpaired) electrons. The number of aromatic nitrogens is 2. The predicted molar refractivity (Wildman–Crippen MR) is 192 cm³/mol. The lowest BCUT2D eigenvalue weighted by atomic mass is 9.12. The molecule has 0 unspecified atom stereocenters. The number of ether oxygens (including phenoxy) is 1. The molecule has 0 aliphatic carbocycles. The van der Waals surface area contributed by atoms with Gasteiger partial charge in [0.2, 0.25) is 11.9 Å². The Morgan fingerprint density at radius 2 is 0.765 bits per heavy atom. The first kappa shape index (κ1) is 49.8. The number of halogens is 20. The van der Waals surface area contributed by atoms with Gasteiger partial charge in [0, 0.05) is 5.56 Å². The first-order chi connectivity index (χ1) is 31.9. The van der Waals surface area contributed by atoms with E-state index in [9.17, 15) is 62.6 Å². The summed E-state index contributed by atoms with van der Waals surface area (Å²) in [6.45, 7) is 0.642. The van der Waals surface area contributed by atoms with Gasteiger partial charge in [-0.3, -0.25) is 0 Å². The Bertz CT molecular complexity index is 2780. The molecule has 0 spiro atoms. The Hall–Kier alpha value is -7.67. The van der Waals surface area contributed by atoms with Gasteiger partial charge in [0.15, 0.2) is 82.5 Å². The van der Waals surface area contributed by atoms with E-state index in [1.165, 1.54) is 24.3 Å². The Labute approximate surface area is 364 Å². The van der Waals surface area contributed by atoms with Gasteiger partial charge < -0.3 is 9.84 Å². The summed E-state index contributed by atoms with van der Waals surface area (Å²) in [5, 5.41) is 9.23. The Balaban J connectivity index is 0.000000276. The van der Waals surface area contributed by atoms with Crippen molar-refractivity contribution in [2.75, 3.05) is 0 Å². The van der Waals surface area contributed by atoms with Crippen molar-refractivity contribution in [3.8, 4) is 11.5 Å². The van der Waals surface area contributed by atoms with Crippen molar-refractivity contribution in [3.63, 3.8) is 0 Å². The molecule has 0 aliphatic heterocycles. The summed E-state index contributed by atoms with van der Waals surface area (Å²) < 4.78 is 301. The Kier molecular flexibility index (Phi) is 13.8. The zero-order valence-corrected chi connectivity index (χ0v) is 32.4. The van der Waals surface area contributed by atoms with Crippen LogP contribution in [0.4, 0.5) is 87.8 Å². The molecule has 5 nitrogen and oxygen atoms in total. The summed E-state index contributed by atoms with van der Waals surface area (Å²) >= 11 is 0. The van der Waals surface area contributed by atoms with Gasteiger partial charge >= 0.3 is 5.97 Å². The second-order valence-corrected chi connectivity index (χ2v) is 13.8. The maximum absolute atomic E-state index is 15.4. The lowest BCUT2D eigenvalue weighted by molar-refractivity contribution is -0.689. The molecule has 0 saturated heterocycles. The van der Waals surface area contributed by atoms with Crippen molar-refractivity contribution in [1.29, 1.82) is 0 Å². The first-order valence-corrected chi connectivity index (χ1v) is 18.0. The van der Waals surface area contributed by atoms with Crippen LogP contribution < -0.4 is 31.2 Å². The van der Waals surface area contributed by atoms with Crippen LogP contribution in [0.15, 0.2) is 73.2 Å². The Morgan fingerprint density at radius 3 is 1.09 bits per heavy atom. The number of benzene rings is 6. The number of rotatable bonds is 8. The average Bonchev–Trinajstić information content (AvgIpc) is 3.32. The van der Waals surface area contributed by atoms with E-state index in [0.29, 0.717) is 12.3 Å². The molecular weight excluding hydrogens is 971 g/mol. The molecule has 0 bridgehead atoms. The number of phenolic OH excluding ortho intramolecular Hbond substituents is 1. The molecule has 0 saturated carbocycles. The van der Waals surface area contributed by atoms with Gasteiger partial charge in [-0.2, -0.15) is 4.57 Å². The van der Waals surface area contributed by atoms with Crippen LogP contribution in [0.1, 0.15) is 16.1 Å². The molecule has 68 heavy (non-hydrogen) atoms. The molecule has 0 fully saturated rings. The predicted octanol–water partition coefficient (Wildman–Crippen LogP) is 8.19. The van der Waals surface area contributed by atoms with Crippen LogP contribution in [0, 0.1) is 116 Å². The first-order valence-electron chi connectivity index (χ1n) is 18.0. The zero-order chi connectivity index (χ0) is 50.4. The van der Waals surface area contributed by atoms with E-state index >= 15 is 35.1 Å². The second-order valence-electron chi connectivity index (χ2n) is 13.8. The van der Waals surface area contributed by atoms with Gasteiger partial charge in [-0.1, -0.05) is 30.3 Å². The van der Waals surface area contributed by atoms with E-state index in [1.807, 2.05) is 34.9 Å². The van der Waals surface area contributed by atoms with Crippen LogP contribution in [-0.2, 0) is 6.54 Å². The quantitative estimate of drug-likeness (QED) is 0.0318. The maximum Gasteiger partial charge on any atom is 0.368 e. The standard InChI is InChI=1S/C24BF20.C18H14N2O3/c26-5-1(6(27)14(35)21(42)13(5)34)25(2-7(28)15(36)22(43)16(37)8(2)29,3-9(30)17(38)23(44)18(39)10(3)31)4-11(32)19(40)24(45)20(41)12(4)33;21-15-6-8-16(9-7-15)23-18(22)17-13-20(11-10-19-17)12-14-4-2-1-3-5-14/h;1-11,13H,12H2/q-1;/p+1. The average molecular weight is 986 g/mol. The monoisotopic (exact) mass is 986 g/mol. The van der Waals surface area contributed by atoms with Gasteiger partial charge in [-0.25, -0.2) is 97.6 Å². The highest BCUT2D eigenvalue weighted by atomic mass is 19.2. The number of phenols is 1. The minimum atomic E-state index is -7.22. The van der Waals surface area contributed by atoms with Gasteiger partial charge in [0.25, 0.3) is 0 Å². The molecule has 1 heterocycles. The fourth-order valence-electron chi connectivity index (χ4n) is 6.98. The highest BCUT2D eigenvalue weighted by Crippen LogP contribution is 2.31. The smallest absolute Gasteiger partial charge is 0.368 e. The summed E-state index contributed by atoms with van der Waals surface area (Å²) in [5.74, 6) is -71.5. The van der Waals surface area contributed by atoms with Crippen LogP contribution in [0.3, 0.4) is 0 Å². The van der Waals surface area contributed by atoms with Crippen molar-refractivity contribution in [1.82, 2.24) is 4.98 Å². The van der Waals surface area contributed by atoms with Crippen LogP contribution in [-0.4, -0.2) is 22.2 Å². The highest BCUT2D eigenvalue weighted by molar-refractivity contribution is 7.20. The maximum atomic E-state index is 15.4. The van der Waals surface area contributed by atoms with Crippen molar-refractivity contribution >= 4 is 34.0 Å². The SMILES string of the molecule is Fc1c(F)c(F)c([B-](c2c(F)c(F)c(F)c(F)c2F)(c2c(F)c(F)c(F)c(F)c2F)c2c(F)c(F)c(F)c(F)c2F)c(F)c1F.O=C(Oc1ccc(O)cc1)c1c[n+](Cc2ccccc2)ccn1. The highest BCUT2D eigenvalue weighted by Gasteiger charge is 2.52. The molecule has 7 rings (SSSR count). The molecule has 0 amide bonds. The van der Waals surface area contributed by atoms with Crippen molar-refractivity contribution in [2.45, 2.75) is 6.54 Å². The number of hydrogen-bond acceptors (Lipinski definition) is 4. The molecule has 7 aromatic rings. The molecule has 26 heteroatoms. The minimum absolute atomic E-state index is 0.114. The molecule has 0 aliphatic rings. The molecule has 1 N–H and O–H groups in total. The van der Waals surface area contributed by atoms with E-state index in [2.05, 4.69) is 4.98 Å². The lowest BCUT2D eigenvalue weighted by Gasteiger charge is -2.44. The van der Waals surface area contributed by atoms with E-state index in [-0.39, 0.29) is 11.4 Å². The molecule has 1 aromatic heterocycles. The third-order valence-corrected chi connectivity index (χ3v) is 9.93. The molecule has 0 atom stereocenters. The molecular formula is C42H15BF20N2O3. The number of esters is 1. The van der Waals surface area contributed by atoms with Gasteiger partial charge in [-0.15, -0.1) is 21.9 Å². The molecule has 354 valence electrons. The topological polar surface area (TPSA) is 63.3 Å². The third kappa shape index (κ3) is 8.26. The summed E-state index contributed by atoms with van der Waals surface area (Å²) in [6.07, 6.45) is -2.21. The number of carbonyl (C=O) groups is 1. The number of nitrogens with zero attached hydrogens (tertiary/aromatic N) is 2.